The largest absolute Gasteiger partial charge is 0.389 e. The number of hydrogen-bond acceptors (Lipinski definition) is 2. The number of Topliss-reactive ketones (excluding diaryl/α,β-unsaturated/α-hetero) is 1. The Morgan fingerprint density at radius 1 is 1.58 bits per heavy atom. The van der Waals surface area contributed by atoms with Gasteiger partial charge in [0.05, 0.1) is 10.4 Å². The number of rotatable bonds is 0. The van der Waals surface area contributed by atoms with Gasteiger partial charge in [-0.25, -0.2) is 0 Å². The normalized spacial score (nSPS) is 58.2. The lowest BCUT2D eigenvalue weighted by molar-refractivity contribution is -0.138. The van der Waals surface area contributed by atoms with Crippen LogP contribution >= 0.6 is 15.9 Å². The standard InChI is InChI=1S/C9H13BrO2/c1-8-3-5(11)6(8)7(10)9(2,12)4-8/h6-7,12H,3-4H2,1-2H3/t6-,7-,8+,9-/m1/s1. The summed E-state index contributed by atoms with van der Waals surface area (Å²) in [6, 6.07) is 0. The monoisotopic (exact) mass is 232 g/mol. The lowest BCUT2D eigenvalue weighted by Crippen LogP contribution is -2.46. The number of hydrogen-bond donors (Lipinski definition) is 1. The maximum atomic E-state index is 11.3. The van der Waals surface area contributed by atoms with E-state index >= 15 is 0 Å². The third kappa shape index (κ3) is 0.867. The Labute approximate surface area is 80.5 Å². The molecule has 0 amide bonds. The van der Waals surface area contributed by atoms with Gasteiger partial charge in [-0.2, -0.15) is 0 Å². The van der Waals surface area contributed by atoms with Gasteiger partial charge >= 0.3 is 0 Å². The van der Waals surface area contributed by atoms with Crippen molar-refractivity contribution in [3.05, 3.63) is 0 Å². The van der Waals surface area contributed by atoms with Gasteiger partial charge in [-0.1, -0.05) is 22.9 Å². The SMILES string of the molecule is C[C@@]12CC(=O)[C@@H]1[C@@H](Br)[C@](C)(O)C2. The number of carbonyl (C=O) groups is 1. The molecule has 0 aromatic rings. The van der Waals surface area contributed by atoms with Gasteiger partial charge < -0.3 is 5.11 Å². The Bertz CT molecular complexity index is 249. The molecule has 2 saturated carbocycles. The first-order chi connectivity index (χ1) is 5.37. The second-order valence-corrected chi connectivity index (χ2v) is 5.70. The van der Waals surface area contributed by atoms with E-state index in [0.29, 0.717) is 12.2 Å². The van der Waals surface area contributed by atoms with Crippen LogP contribution in [0.5, 0.6) is 0 Å². The summed E-state index contributed by atoms with van der Waals surface area (Å²) in [6.45, 7) is 3.90. The zero-order valence-electron chi connectivity index (χ0n) is 7.30. The minimum atomic E-state index is -0.703. The molecule has 2 rings (SSSR count). The Hall–Kier alpha value is 0.110. The summed E-state index contributed by atoms with van der Waals surface area (Å²) >= 11 is 3.42. The average molecular weight is 233 g/mol. The third-order valence-electron chi connectivity index (χ3n) is 3.32. The number of halogens is 1. The summed E-state index contributed by atoms with van der Waals surface area (Å²) in [4.78, 5) is 11.2. The summed E-state index contributed by atoms with van der Waals surface area (Å²) in [7, 11) is 0. The summed E-state index contributed by atoms with van der Waals surface area (Å²) in [6.07, 6.45) is 1.39. The summed E-state index contributed by atoms with van der Waals surface area (Å²) in [5.74, 6) is 0.352. The fourth-order valence-corrected chi connectivity index (χ4v) is 3.93. The number of aliphatic hydroxyl groups is 1. The van der Waals surface area contributed by atoms with Crippen LogP contribution in [0.4, 0.5) is 0 Å². The Morgan fingerprint density at radius 3 is 2.50 bits per heavy atom. The Morgan fingerprint density at radius 2 is 2.17 bits per heavy atom. The van der Waals surface area contributed by atoms with Crippen molar-refractivity contribution in [2.24, 2.45) is 11.3 Å². The molecule has 2 aliphatic carbocycles. The molecule has 3 heteroatoms. The molecule has 0 saturated heterocycles. The molecule has 0 aromatic carbocycles. The smallest absolute Gasteiger partial charge is 0.138 e. The second kappa shape index (κ2) is 2.13. The van der Waals surface area contributed by atoms with Crippen LogP contribution < -0.4 is 0 Å². The second-order valence-electron chi connectivity index (χ2n) is 4.71. The minimum absolute atomic E-state index is 0.0451. The van der Waals surface area contributed by atoms with Gasteiger partial charge in [0.15, 0.2) is 0 Å². The highest BCUT2D eigenvalue weighted by molar-refractivity contribution is 9.09. The van der Waals surface area contributed by atoms with E-state index in [1.807, 2.05) is 6.92 Å². The van der Waals surface area contributed by atoms with Gasteiger partial charge in [-0.3, -0.25) is 4.79 Å². The van der Waals surface area contributed by atoms with E-state index in [1.165, 1.54) is 0 Å². The van der Waals surface area contributed by atoms with Crippen LogP contribution in [-0.2, 0) is 4.79 Å². The van der Waals surface area contributed by atoms with Crippen molar-refractivity contribution in [2.45, 2.75) is 37.1 Å². The molecule has 2 aliphatic rings. The topological polar surface area (TPSA) is 37.3 Å². The van der Waals surface area contributed by atoms with Crippen molar-refractivity contribution < 1.29 is 9.90 Å². The van der Waals surface area contributed by atoms with Crippen LogP contribution in [-0.4, -0.2) is 21.3 Å². The molecule has 0 radical (unpaired) electrons. The van der Waals surface area contributed by atoms with E-state index in [1.54, 1.807) is 0 Å². The molecular formula is C9H13BrO2. The maximum Gasteiger partial charge on any atom is 0.138 e. The fraction of sp³-hybridized carbons (Fsp3) is 0.889. The van der Waals surface area contributed by atoms with Gasteiger partial charge in [0.2, 0.25) is 0 Å². The average Bonchev–Trinajstić information content (AvgIpc) is 1.96. The van der Waals surface area contributed by atoms with E-state index in [4.69, 9.17) is 0 Å². The Kier molecular flexibility index (Phi) is 1.54. The molecule has 0 aliphatic heterocycles. The first kappa shape index (κ1) is 8.70. The fourth-order valence-electron chi connectivity index (χ4n) is 2.84. The molecular weight excluding hydrogens is 220 g/mol. The van der Waals surface area contributed by atoms with Gasteiger partial charge in [0, 0.05) is 12.3 Å². The first-order valence-corrected chi connectivity index (χ1v) is 5.18. The van der Waals surface area contributed by atoms with Crippen molar-refractivity contribution in [3.63, 3.8) is 0 Å². The van der Waals surface area contributed by atoms with Crippen LogP contribution in [0, 0.1) is 11.3 Å². The first-order valence-electron chi connectivity index (χ1n) is 4.26. The highest BCUT2D eigenvalue weighted by Gasteiger charge is 2.64. The van der Waals surface area contributed by atoms with Gasteiger partial charge in [-0.05, 0) is 18.8 Å². The minimum Gasteiger partial charge on any atom is -0.389 e. The molecule has 0 bridgehead atoms. The van der Waals surface area contributed by atoms with Gasteiger partial charge in [-0.15, -0.1) is 0 Å². The van der Waals surface area contributed by atoms with Crippen molar-refractivity contribution >= 4 is 21.7 Å². The van der Waals surface area contributed by atoms with Crippen LogP contribution in [0.15, 0.2) is 0 Å². The highest BCUT2D eigenvalue weighted by Crippen LogP contribution is 2.60. The van der Waals surface area contributed by atoms with Crippen LogP contribution in [0.1, 0.15) is 26.7 Å². The lowest BCUT2D eigenvalue weighted by Gasteiger charge is -2.40. The van der Waals surface area contributed by atoms with E-state index in [0.717, 1.165) is 6.42 Å². The van der Waals surface area contributed by atoms with E-state index in [2.05, 4.69) is 22.9 Å². The third-order valence-corrected chi connectivity index (χ3v) is 4.84. The number of ketones is 1. The number of alkyl halides is 1. The number of fused-ring (bicyclic) bond motifs is 1. The zero-order valence-corrected chi connectivity index (χ0v) is 8.89. The van der Waals surface area contributed by atoms with Crippen LogP contribution in [0.3, 0.4) is 0 Å². The molecule has 12 heavy (non-hydrogen) atoms. The van der Waals surface area contributed by atoms with E-state index < -0.39 is 5.60 Å². The van der Waals surface area contributed by atoms with Crippen molar-refractivity contribution in [3.8, 4) is 0 Å². The highest BCUT2D eigenvalue weighted by atomic mass is 79.9. The summed E-state index contributed by atoms with van der Waals surface area (Å²) in [5, 5.41) is 9.93. The van der Waals surface area contributed by atoms with E-state index in [9.17, 15) is 9.90 Å². The molecule has 0 aromatic heterocycles. The maximum absolute atomic E-state index is 11.3. The van der Waals surface area contributed by atoms with Crippen molar-refractivity contribution in [2.75, 3.05) is 0 Å². The zero-order chi connectivity index (χ0) is 9.15. The quantitative estimate of drug-likeness (QED) is 0.644. The predicted molar refractivity (Wildman–Crippen MR) is 49.2 cm³/mol. The number of carbonyl (C=O) groups excluding carboxylic acids is 1. The van der Waals surface area contributed by atoms with Crippen molar-refractivity contribution in [1.29, 1.82) is 0 Å². The molecule has 0 unspecified atom stereocenters. The van der Waals surface area contributed by atoms with Crippen molar-refractivity contribution in [1.82, 2.24) is 0 Å². The molecule has 2 nitrogen and oxygen atoms in total. The van der Waals surface area contributed by atoms with Gasteiger partial charge in [0.25, 0.3) is 0 Å². The van der Waals surface area contributed by atoms with Gasteiger partial charge in [0.1, 0.15) is 5.78 Å². The van der Waals surface area contributed by atoms with Crippen LogP contribution in [0.25, 0.3) is 0 Å². The molecule has 68 valence electrons. The van der Waals surface area contributed by atoms with Crippen LogP contribution in [0.2, 0.25) is 0 Å². The molecule has 0 heterocycles. The molecule has 2 fully saturated rings. The van der Waals surface area contributed by atoms with E-state index in [-0.39, 0.29) is 16.2 Å². The molecule has 1 N–H and O–H groups in total. The Balaban J connectivity index is 2.32. The molecule has 0 spiro atoms. The summed E-state index contributed by atoms with van der Waals surface area (Å²) in [5.41, 5.74) is -0.639. The lowest BCUT2D eigenvalue weighted by atomic mass is 9.62. The molecule has 4 atom stereocenters. The predicted octanol–water partition coefficient (Wildman–Crippen LogP) is 1.50. The summed E-state index contributed by atoms with van der Waals surface area (Å²) < 4.78 is 0.